The number of rotatable bonds is 15. The molecule has 0 atom stereocenters. The molecule has 0 radical (unpaired) electrons. The molecule has 2 aromatic carbocycles. The van der Waals surface area contributed by atoms with Gasteiger partial charge < -0.3 is 15.4 Å². The molecular weight excluding hydrogens is 615 g/mol. The van der Waals surface area contributed by atoms with Gasteiger partial charge in [0.25, 0.3) is 0 Å². The average Bonchev–Trinajstić information content (AvgIpc) is 3.10. The SMILES string of the molecule is C=C(c1ccccc1)c1cccc(F)c1NC(=O)CCCC.CC/C=C(\NC)OC(=N)/C(N=C(CCC)C1CCC1)=C(/C)c1cncnc1. The maximum Gasteiger partial charge on any atom is 0.240 e. The molecule has 0 spiro atoms. The number of nitrogens with one attached hydrogen (secondary N) is 3. The van der Waals surface area contributed by atoms with E-state index in [9.17, 15) is 9.18 Å². The topological polar surface area (TPSA) is 112 Å². The zero-order valence-electron chi connectivity index (χ0n) is 29.6. The molecule has 1 aromatic heterocycles. The molecule has 49 heavy (non-hydrogen) atoms. The Balaban J connectivity index is 0.000000271. The van der Waals surface area contributed by atoms with Crippen molar-refractivity contribution in [1.82, 2.24) is 15.3 Å². The highest BCUT2D eigenvalue weighted by Gasteiger charge is 2.24. The van der Waals surface area contributed by atoms with Gasteiger partial charge in [0.15, 0.2) is 5.88 Å². The summed E-state index contributed by atoms with van der Waals surface area (Å²) in [4.78, 5) is 25.1. The molecule has 1 aliphatic rings. The van der Waals surface area contributed by atoms with Crippen LogP contribution in [0.5, 0.6) is 0 Å². The first-order chi connectivity index (χ1) is 23.7. The monoisotopic (exact) mass is 666 g/mol. The summed E-state index contributed by atoms with van der Waals surface area (Å²) >= 11 is 0. The fourth-order valence-corrected chi connectivity index (χ4v) is 5.20. The number of aromatic nitrogens is 2. The number of anilines is 1. The van der Waals surface area contributed by atoms with Crippen LogP contribution in [0.3, 0.4) is 0 Å². The molecule has 1 aliphatic carbocycles. The van der Waals surface area contributed by atoms with E-state index in [0.29, 0.717) is 35.1 Å². The number of hydrogen-bond acceptors (Lipinski definition) is 7. The van der Waals surface area contributed by atoms with Crippen molar-refractivity contribution in [2.45, 2.75) is 85.5 Å². The lowest BCUT2D eigenvalue weighted by Gasteiger charge is -2.27. The third kappa shape index (κ3) is 11.6. The second-order valence-corrected chi connectivity index (χ2v) is 11.9. The molecule has 0 bridgehead atoms. The van der Waals surface area contributed by atoms with Crippen LogP contribution in [0, 0.1) is 17.1 Å². The van der Waals surface area contributed by atoms with E-state index in [0.717, 1.165) is 48.8 Å². The van der Waals surface area contributed by atoms with Gasteiger partial charge in [0.05, 0.1) is 5.69 Å². The molecule has 0 saturated heterocycles. The molecule has 8 nitrogen and oxygen atoms in total. The van der Waals surface area contributed by atoms with Gasteiger partial charge in [0.1, 0.15) is 17.8 Å². The molecule has 0 aliphatic heterocycles. The van der Waals surface area contributed by atoms with Crippen molar-refractivity contribution in [2.24, 2.45) is 10.9 Å². The summed E-state index contributed by atoms with van der Waals surface area (Å²) in [5.41, 5.74) is 5.82. The first kappa shape index (κ1) is 38.5. The highest BCUT2D eigenvalue weighted by Crippen LogP contribution is 2.32. The second kappa shape index (κ2) is 20.4. The van der Waals surface area contributed by atoms with E-state index < -0.39 is 5.82 Å². The Morgan fingerprint density at radius 2 is 1.76 bits per heavy atom. The quantitative estimate of drug-likeness (QED) is 0.0849. The van der Waals surface area contributed by atoms with E-state index in [1.807, 2.05) is 57.2 Å². The number of carbonyl (C=O) groups is 1. The number of para-hydroxylation sites is 1. The Labute approximate surface area is 291 Å². The van der Waals surface area contributed by atoms with Crippen molar-refractivity contribution >= 4 is 34.4 Å². The largest absolute Gasteiger partial charge is 0.422 e. The summed E-state index contributed by atoms with van der Waals surface area (Å²) in [7, 11) is 1.79. The fourth-order valence-electron chi connectivity index (χ4n) is 5.20. The van der Waals surface area contributed by atoms with Crippen LogP contribution in [0.2, 0.25) is 0 Å². The molecule has 3 N–H and O–H groups in total. The standard InChI is InChI=1S/C21H31N5O.C19H20FNO/c1-5-8-18(16-10-7-11-16)26-20(15(3)17-12-24-14-25-13-17)21(22)27-19(23-4)9-6-2;1-3-4-13-18(22)21-19-16(11-8-12-17(19)20)14(2)15-9-6-5-7-10-15/h9,12-14,16,22-23H,5-8,10-11H2,1-4H3;5-12H,2-4,13H2,1H3,(H,21,22)/b19-9+,20-15+,22-21?,26-18?;. The third-order valence-electron chi connectivity index (χ3n) is 8.23. The maximum atomic E-state index is 14.2. The lowest BCUT2D eigenvalue weighted by molar-refractivity contribution is -0.116. The molecule has 0 unspecified atom stereocenters. The van der Waals surface area contributed by atoms with Crippen molar-refractivity contribution in [3.63, 3.8) is 0 Å². The summed E-state index contributed by atoms with van der Waals surface area (Å²) in [6, 6.07) is 14.3. The summed E-state index contributed by atoms with van der Waals surface area (Å²) in [5, 5.41) is 14.3. The van der Waals surface area contributed by atoms with E-state index in [2.05, 4.69) is 34.1 Å². The molecule has 1 amide bonds. The van der Waals surface area contributed by atoms with Gasteiger partial charge in [-0.1, -0.05) is 89.1 Å². The van der Waals surface area contributed by atoms with Crippen LogP contribution >= 0.6 is 0 Å². The van der Waals surface area contributed by atoms with E-state index in [1.54, 1.807) is 31.6 Å². The van der Waals surface area contributed by atoms with Gasteiger partial charge in [-0.25, -0.2) is 14.4 Å². The van der Waals surface area contributed by atoms with Crippen molar-refractivity contribution < 1.29 is 13.9 Å². The minimum absolute atomic E-state index is 0.0401. The predicted molar refractivity (Wildman–Crippen MR) is 200 cm³/mol. The van der Waals surface area contributed by atoms with Crippen molar-refractivity contribution in [3.8, 4) is 0 Å². The molecule has 1 fully saturated rings. The first-order valence-electron chi connectivity index (χ1n) is 17.2. The van der Waals surface area contributed by atoms with Gasteiger partial charge in [0.2, 0.25) is 11.8 Å². The minimum Gasteiger partial charge on any atom is -0.422 e. The van der Waals surface area contributed by atoms with Crippen LogP contribution in [-0.2, 0) is 9.53 Å². The Hall–Kier alpha value is -4.92. The number of nitrogens with zero attached hydrogens (tertiary/aromatic N) is 3. The van der Waals surface area contributed by atoms with Gasteiger partial charge >= 0.3 is 0 Å². The molecule has 260 valence electrons. The Morgan fingerprint density at radius 3 is 2.35 bits per heavy atom. The number of aliphatic imine (C=N–C) groups is 1. The summed E-state index contributed by atoms with van der Waals surface area (Å²) in [6.07, 6.45) is 15.4. The highest BCUT2D eigenvalue weighted by atomic mass is 19.1. The van der Waals surface area contributed by atoms with Gasteiger partial charge in [0, 0.05) is 42.7 Å². The van der Waals surface area contributed by atoms with Crippen LogP contribution < -0.4 is 10.6 Å². The zero-order chi connectivity index (χ0) is 35.6. The number of halogens is 1. The highest BCUT2D eigenvalue weighted by molar-refractivity contribution is 6.03. The second-order valence-electron chi connectivity index (χ2n) is 11.9. The zero-order valence-corrected chi connectivity index (χ0v) is 29.6. The average molecular weight is 667 g/mol. The van der Waals surface area contributed by atoms with E-state index in [1.165, 1.54) is 37.4 Å². The fraction of sp³-hybridized carbons (Fsp3) is 0.375. The van der Waals surface area contributed by atoms with Crippen molar-refractivity contribution in [2.75, 3.05) is 12.4 Å². The van der Waals surface area contributed by atoms with Crippen LogP contribution in [0.25, 0.3) is 11.1 Å². The molecule has 4 rings (SSSR count). The molecule has 3 aromatic rings. The van der Waals surface area contributed by atoms with Gasteiger partial charge in [-0.2, -0.15) is 0 Å². The van der Waals surface area contributed by atoms with E-state index in [4.69, 9.17) is 15.1 Å². The number of unbranched alkanes of at least 4 members (excludes halogenated alkanes) is 1. The van der Waals surface area contributed by atoms with Crippen LogP contribution in [0.4, 0.5) is 10.1 Å². The minimum atomic E-state index is -0.445. The third-order valence-corrected chi connectivity index (χ3v) is 8.23. The van der Waals surface area contributed by atoms with Crippen molar-refractivity contribution in [3.05, 3.63) is 114 Å². The lowest BCUT2D eigenvalue weighted by atomic mass is 9.80. The van der Waals surface area contributed by atoms with Gasteiger partial charge in [-0.3, -0.25) is 15.2 Å². The van der Waals surface area contributed by atoms with Crippen LogP contribution in [-0.4, -0.2) is 34.5 Å². The Kier molecular flexibility index (Phi) is 16.1. The lowest BCUT2D eigenvalue weighted by Crippen LogP contribution is -2.23. The molecule has 1 saturated carbocycles. The normalized spacial score (nSPS) is 13.7. The summed E-state index contributed by atoms with van der Waals surface area (Å²) in [6.45, 7) is 12.2. The maximum absolute atomic E-state index is 14.2. The molecule has 9 heteroatoms. The first-order valence-corrected chi connectivity index (χ1v) is 17.2. The van der Waals surface area contributed by atoms with Crippen LogP contribution in [0.15, 0.2) is 96.5 Å². The number of hydrogen-bond donors (Lipinski definition) is 3. The van der Waals surface area contributed by atoms with Gasteiger partial charge in [-0.15, -0.1) is 0 Å². The molecule has 1 heterocycles. The van der Waals surface area contributed by atoms with E-state index >= 15 is 0 Å². The van der Waals surface area contributed by atoms with Crippen molar-refractivity contribution in [1.29, 1.82) is 5.41 Å². The Morgan fingerprint density at radius 1 is 1.04 bits per heavy atom. The van der Waals surface area contributed by atoms with Gasteiger partial charge in [-0.05, 0) is 73.8 Å². The smallest absolute Gasteiger partial charge is 0.240 e. The number of ether oxygens (including phenoxy) is 1. The van der Waals surface area contributed by atoms with Crippen LogP contribution in [0.1, 0.15) is 102 Å². The molecular formula is C40H51FN6O2. The number of carbonyl (C=O) groups excluding carboxylic acids is 1. The summed E-state index contributed by atoms with van der Waals surface area (Å²) in [5.74, 6) is 0.516. The number of amides is 1. The number of benzene rings is 2. The van der Waals surface area contributed by atoms with E-state index in [-0.39, 0.29) is 17.5 Å². The number of allylic oxidation sites excluding steroid dienone is 2. The summed E-state index contributed by atoms with van der Waals surface area (Å²) < 4.78 is 19.9. The Bertz CT molecular complexity index is 1630. The predicted octanol–water partition coefficient (Wildman–Crippen LogP) is 9.73.